The van der Waals surface area contributed by atoms with Crippen LogP contribution in [-0.4, -0.2) is 21.4 Å². The molecular weight excluding hydrogens is 286 g/mol. The molecule has 0 radical (unpaired) electrons. The van der Waals surface area contributed by atoms with E-state index in [0.29, 0.717) is 15.3 Å². The number of carbonyl (C=O) groups excluding carboxylic acids is 1. The first-order chi connectivity index (χ1) is 8.69. The Bertz CT molecular complexity index is 509. The van der Waals surface area contributed by atoms with Crippen molar-refractivity contribution in [3.8, 4) is 0 Å². The molecule has 2 aromatic heterocycles. The second-order valence-corrected chi connectivity index (χ2v) is 7.25. The van der Waals surface area contributed by atoms with Gasteiger partial charge in [0.15, 0.2) is 4.34 Å². The second kappa shape index (κ2) is 6.31. The molecule has 0 aliphatic carbocycles. The van der Waals surface area contributed by atoms with Gasteiger partial charge in [-0.05, 0) is 17.9 Å². The third kappa shape index (κ3) is 3.54. The topological polar surface area (TPSA) is 54.9 Å². The van der Waals surface area contributed by atoms with Crippen molar-refractivity contribution in [3.63, 3.8) is 0 Å². The second-order valence-electron chi connectivity index (χ2n) is 3.64. The summed E-state index contributed by atoms with van der Waals surface area (Å²) in [6.45, 7) is 4.29. The van der Waals surface area contributed by atoms with E-state index in [-0.39, 0.29) is 5.91 Å². The molecule has 1 unspecified atom stereocenters. The largest absolute Gasteiger partial charge is 0.296 e. The highest BCUT2D eigenvalue weighted by Gasteiger charge is 2.12. The summed E-state index contributed by atoms with van der Waals surface area (Å²) >= 11 is 4.51. The fourth-order valence-corrected chi connectivity index (χ4v) is 3.74. The lowest BCUT2D eigenvalue weighted by Gasteiger charge is -2.02. The van der Waals surface area contributed by atoms with Crippen LogP contribution in [0, 0.1) is 0 Å². The number of thioether (sulfide) groups is 1. The number of rotatable bonds is 5. The van der Waals surface area contributed by atoms with Crippen molar-refractivity contribution in [2.24, 2.45) is 0 Å². The summed E-state index contributed by atoms with van der Waals surface area (Å²) in [5, 5.41) is 13.7. The molecule has 0 fully saturated rings. The lowest BCUT2D eigenvalue weighted by atomic mass is 10.4. The van der Waals surface area contributed by atoms with E-state index in [9.17, 15) is 4.79 Å². The van der Waals surface area contributed by atoms with Crippen LogP contribution >= 0.6 is 34.4 Å². The van der Waals surface area contributed by atoms with Gasteiger partial charge in [0.05, 0.1) is 4.88 Å². The standard InChI is InChI=1S/C11H13N3OS3/c1-3-7(2)17-11-14-13-10(18-11)12-9(15)8-5-4-6-16-8/h4-7H,3H2,1-2H3,(H,12,13,15). The number of aromatic nitrogens is 2. The smallest absolute Gasteiger partial charge is 0.267 e. The Kier molecular flexibility index (Phi) is 4.73. The summed E-state index contributed by atoms with van der Waals surface area (Å²) in [6.07, 6.45) is 1.08. The summed E-state index contributed by atoms with van der Waals surface area (Å²) in [6, 6.07) is 3.64. The molecule has 0 saturated carbocycles. The molecule has 2 heterocycles. The van der Waals surface area contributed by atoms with Crippen LogP contribution in [0.4, 0.5) is 5.13 Å². The number of anilines is 1. The van der Waals surface area contributed by atoms with Gasteiger partial charge in [-0.2, -0.15) is 0 Å². The van der Waals surface area contributed by atoms with Gasteiger partial charge in [-0.1, -0.05) is 43.0 Å². The Morgan fingerprint density at radius 3 is 3.06 bits per heavy atom. The molecular formula is C11H13N3OS3. The zero-order chi connectivity index (χ0) is 13.0. The molecule has 0 saturated heterocycles. The zero-order valence-electron chi connectivity index (χ0n) is 10.0. The van der Waals surface area contributed by atoms with Crippen molar-refractivity contribution < 1.29 is 4.79 Å². The number of nitrogens with zero attached hydrogens (tertiary/aromatic N) is 2. The predicted octanol–water partition coefficient (Wildman–Crippen LogP) is 3.74. The fourth-order valence-electron chi connectivity index (χ4n) is 1.13. The summed E-state index contributed by atoms with van der Waals surface area (Å²) in [4.78, 5) is 12.5. The monoisotopic (exact) mass is 299 g/mol. The van der Waals surface area contributed by atoms with Gasteiger partial charge in [0.1, 0.15) is 0 Å². The zero-order valence-corrected chi connectivity index (χ0v) is 12.5. The lowest BCUT2D eigenvalue weighted by Crippen LogP contribution is -2.09. The Morgan fingerprint density at radius 1 is 1.56 bits per heavy atom. The summed E-state index contributed by atoms with van der Waals surface area (Å²) in [5.41, 5.74) is 0. The van der Waals surface area contributed by atoms with Crippen molar-refractivity contribution >= 4 is 45.5 Å². The first-order valence-corrected chi connectivity index (χ1v) is 8.11. The molecule has 1 N–H and O–H groups in total. The van der Waals surface area contributed by atoms with Crippen molar-refractivity contribution in [2.75, 3.05) is 5.32 Å². The maximum Gasteiger partial charge on any atom is 0.267 e. The molecule has 96 valence electrons. The Balaban J connectivity index is 1.96. The van der Waals surface area contributed by atoms with Crippen LogP contribution in [0.5, 0.6) is 0 Å². The Morgan fingerprint density at radius 2 is 2.39 bits per heavy atom. The van der Waals surface area contributed by atoms with Crippen LogP contribution in [0.25, 0.3) is 0 Å². The van der Waals surface area contributed by atoms with Crippen LogP contribution < -0.4 is 5.32 Å². The highest BCUT2D eigenvalue weighted by atomic mass is 32.2. The molecule has 0 aliphatic rings. The van der Waals surface area contributed by atoms with Crippen LogP contribution in [0.1, 0.15) is 29.9 Å². The molecule has 1 amide bonds. The number of hydrogen-bond donors (Lipinski definition) is 1. The Labute approximate surface area is 118 Å². The minimum Gasteiger partial charge on any atom is -0.296 e. The average molecular weight is 299 g/mol. The van der Waals surface area contributed by atoms with E-state index < -0.39 is 0 Å². The minimum absolute atomic E-state index is 0.124. The molecule has 0 bridgehead atoms. The number of carbonyl (C=O) groups is 1. The van der Waals surface area contributed by atoms with Gasteiger partial charge in [-0.3, -0.25) is 10.1 Å². The van der Waals surface area contributed by atoms with Crippen LogP contribution in [0.3, 0.4) is 0 Å². The third-order valence-electron chi connectivity index (χ3n) is 2.25. The highest BCUT2D eigenvalue weighted by molar-refractivity contribution is 8.01. The van der Waals surface area contributed by atoms with E-state index in [1.54, 1.807) is 17.8 Å². The fraction of sp³-hybridized carbons (Fsp3) is 0.364. The molecule has 0 aliphatic heterocycles. The summed E-state index contributed by atoms with van der Waals surface area (Å²) < 4.78 is 0.894. The van der Waals surface area contributed by atoms with Gasteiger partial charge in [-0.25, -0.2) is 0 Å². The maximum absolute atomic E-state index is 11.8. The number of nitrogens with one attached hydrogen (secondary N) is 1. The highest BCUT2D eigenvalue weighted by Crippen LogP contribution is 2.30. The third-order valence-corrected chi connectivity index (χ3v) is 5.31. The first kappa shape index (κ1) is 13.5. The van der Waals surface area contributed by atoms with Gasteiger partial charge in [0.25, 0.3) is 5.91 Å². The number of thiophene rings is 1. The molecule has 2 aromatic rings. The SMILES string of the molecule is CCC(C)Sc1nnc(NC(=O)c2cccs2)s1. The molecule has 18 heavy (non-hydrogen) atoms. The molecule has 0 aromatic carbocycles. The van der Waals surface area contributed by atoms with Crippen molar-refractivity contribution in [2.45, 2.75) is 29.9 Å². The van der Waals surface area contributed by atoms with E-state index in [1.807, 2.05) is 11.4 Å². The van der Waals surface area contributed by atoms with E-state index in [2.05, 4.69) is 29.4 Å². The molecule has 1 atom stereocenters. The molecule has 2 rings (SSSR count). The maximum atomic E-state index is 11.8. The molecule has 0 spiro atoms. The van der Waals surface area contributed by atoms with E-state index in [1.165, 1.54) is 22.7 Å². The normalized spacial score (nSPS) is 12.3. The van der Waals surface area contributed by atoms with E-state index >= 15 is 0 Å². The van der Waals surface area contributed by atoms with Crippen molar-refractivity contribution in [3.05, 3.63) is 22.4 Å². The number of hydrogen-bond acceptors (Lipinski definition) is 6. The predicted molar refractivity (Wildman–Crippen MR) is 77.8 cm³/mol. The molecule has 7 heteroatoms. The molecule has 4 nitrogen and oxygen atoms in total. The average Bonchev–Trinajstić information content (AvgIpc) is 3.00. The number of amides is 1. The van der Waals surface area contributed by atoms with Crippen molar-refractivity contribution in [1.29, 1.82) is 0 Å². The van der Waals surface area contributed by atoms with Crippen molar-refractivity contribution in [1.82, 2.24) is 10.2 Å². The van der Waals surface area contributed by atoms with Crippen LogP contribution in [0.15, 0.2) is 21.9 Å². The summed E-state index contributed by atoms with van der Waals surface area (Å²) in [5.74, 6) is -0.124. The minimum atomic E-state index is -0.124. The van der Waals surface area contributed by atoms with Gasteiger partial charge in [0, 0.05) is 5.25 Å². The van der Waals surface area contributed by atoms with Gasteiger partial charge in [-0.15, -0.1) is 21.5 Å². The lowest BCUT2D eigenvalue weighted by molar-refractivity contribution is 0.103. The first-order valence-electron chi connectivity index (χ1n) is 5.54. The van der Waals surface area contributed by atoms with E-state index in [0.717, 1.165) is 10.8 Å². The van der Waals surface area contributed by atoms with Gasteiger partial charge >= 0.3 is 0 Å². The van der Waals surface area contributed by atoms with Crippen LogP contribution in [0.2, 0.25) is 0 Å². The van der Waals surface area contributed by atoms with Gasteiger partial charge < -0.3 is 0 Å². The van der Waals surface area contributed by atoms with Gasteiger partial charge in [0.2, 0.25) is 5.13 Å². The van der Waals surface area contributed by atoms with E-state index in [4.69, 9.17) is 0 Å². The Hall–Kier alpha value is -0.920. The quantitative estimate of drug-likeness (QED) is 0.675. The van der Waals surface area contributed by atoms with Crippen LogP contribution in [-0.2, 0) is 0 Å². The summed E-state index contributed by atoms with van der Waals surface area (Å²) in [7, 11) is 0.